The lowest BCUT2D eigenvalue weighted by atomic mass is 10.2. The summed E-state index contributed by atoms with van der Waals surface area (Å²) in [6.07, 6.45) is 1.37. The predicted molar refractivity (Wildman–Crippen MR) is 96.5 cm³/mol. The number of ether oxygens (including phenoxy) is 1. The molecular weight excluding hydrogens is 334 g/mol. The van der Waals surface area contributed by atoms with Crippen molar-refractivity contribution in [1.82, 2.24) is 19.8 Å². The Kier molecular flexibility index (Phi) is 5.43. The minimum atomic E-state index is -0.390. The van der Waals surface area contributed by atoms with Crippen LogP contribution in [0.2, 0.25) is 0 Å². The summed E-state index contributed by atoms with van der Waals surface area (Å²) in [5, 5.41) is 3.11. The molecule has 0 aliphatic carbocycles. The minimum Gasteiger partial charge on any atom is -0.465 e. The number of amides is 1. The molecule has 26 heavy (non-hydrogen) atoms. The molecule has 1 N–H and O–H groups in total. The van der Waals surface area contributed by atoms with Crippen LogP contribution in [0.25, 0.3) is 0 Å². The predicted octanol–water partition coefficient (Wildman–Crippen LogP) is 1.39. The SMILES string of the molecule is COC(=O)c1ccc(Nc2cc(C(=O)N3CCN(C)CC3)ncn2)cc1. The van der Waals surface area contributed by atoms with Gasteiger partial charge in [-0.05, 0) is 31.3 Å². The fraction of sp³-hybridized carbons (Fsp3) is 0.333. The largest absolute Gasteiger partial charge is 0.465 e. The highest BCUT2D eigenvalue weighted by atomic mass is 16.5. The Bertz CT molecular complexity index is 786. The number of aromatic nitrogens is 2. The van der Waals surface area contributed by atoms with Crippen molar-refractivity contribution in [3.63, 3.8) is 0 Å². The van der Waals surface area contributed by atoms with Crippen LogP contribution in [0.3, 0.4) is 0 Å². The molecule has 0 spiro atoms. The van der Waals surface area contributed by atoms with Crippen molar-refractivity contribution in [3.8, 4) is 0 Å². The van der Waals surface area contributed by atoms with Crippen LogP contribution in [-0.2, 0) is 4.74 Å². The normalized spacial score (nSPS) is 14.8. The van der Waals surface area contributed by atoms with Crippen LogP contribution in [0.15, 0.2) is 36.7 Å². The van der Waals surface area contributed by atoms with Crippen LogP contribution in [0.1, 0.15) is 20.8 Å². The van der Waals surface area contributed by atoms with E-state index in [0.29, 0.717) is 30.2 Å². The molecule has 136 valence electrons. The van der Waals surface area contributed by atoms with Crippen molar-refractivity contribution in [1.29, 1.82) is 0 Å². The lowest BCUT2D eigenvalue weighted by molar-refractivity contribution is 0.0599. The van der Waals surface area contributed by atoms with E-state index in [-0.39, 0.29) is 5.91 Å². The van der Waals surface area contributed by atoms with Crippen LogP contribution in [0, 0.1) is 0 Å². The monoisotopic (exact) mass is 355 g/mol. The van der Waals surface area contributed by atoms with Gasteiger partial charge in [0.25, 0.3) is 5.91 Å². The van der Waals surface area contributed by atoms with Gasteiger partial charge < -0.3 is 19.9 Å². The summed E-state index contributed by atoms with van der Waals surface area (Å²) in [6, 6.07) is 8.44. The van der Waals surface area contributed by atoms with E-state index in [9.17, 15) is 9.59 Å². The Labute approximate surface area is 151 Å². The van der Waals surface area contributed by atoms with Crippen molar-refractivity contribution in [2.75, 3.05) is 45.7 Å². The first-order chi connectivity index (χ1) is 12.6. The highest BCUT2D eigenvalue weighted by molar-refractivity contribution is 5.93. The number of rotatable bonds is 4. The number of esters is 1. The van der Waals surface area contributed by atoms with E-state index < -0.39 is 5.97 Å². The van der Waals surface area contributed by atoms with Gasteiger partial charge in [-0.2, -0.15) is 0 Å². The van der Waals surface area contributed by atoms with Gasteiger partial charge in [-0.25, -0.2) is 14.8 Å². The number of nitrogens with zero attached hydrogens (tertiary/aromatic N) is 4. The summed E-state index contributed by atoms with van der Waals surface area (Å²) in [5.74, 6) is 0.0338. The molecule has 1 aromatic heterocycles. The number of anilines is 2. The third-order valence-electron chi connectivity index (χ3n) is 4.26. The van der Waals surface area contributed by atoms with Crippen LogP contribution < -0.4 is 5.32 Å². The second-order valence-corrected chi connectivity index (χ2v) is 6.08. The Hall–Kier alpha value is -3.00. The summed E-state index contributed by atoms with van der Waals surface area (Å²) in [6.45, 7) is 3.09. The summed E-state index contributed by atoms with van der Waals surface area (Å²) < 4.78 is 4.68. The fourth-order valence-electron chi connectivity index (χ4n) is 2.67. The van der Waals surface area contributed by atoms with E-state index in [1.807, 2.05) is 7.05 Å². The van der Waals surface area contributed by atoms with E-state index in [0.717, 1.165) is 18.8 Å². The second kappa shape index (κ2) is 7.92. The fourth-order valence-corrected chi connectivity index (χ4v) is 2.67. The van der Waals surface area contributed by atoms with Gasteiger partial charge in [0.1, 0.15) is 17.8 Å². The smallest absolute Gasteiger partial charge is 0.337 e. The molecule has 8 nitrogen and oxygen atoms in total. The molecule has 1 amide bonds. The molecule has 2 aromatic rings. The summed E-state index contributed by atoms with van der Waals surface area (Å²) in [7, 11) is 3.38. The molecule has 0 atom stereocenters. The second-order valence-electron chi connectivity index (χ2n) is 6.08. The molecule has 1 fully saturated rings. The van der Waals surface area contributed by atoms with Gasteiger partial charge in [-0.15, -0.1) is 0 Å². The molecule has 1 aliphatic heterocycles. The maximum Gasteiger partial charge on any atom is 0.337 e. The van der Waals surface area contributed by atoms with Gasteiger partial charge in [-0.3, -0.25) is 4.79 Å². The zero-order valence-corrected chi connectivity index (χ0v) is 14.8. The number of carbonyl (C=O) groups excluding carboxylic acids is 2. The van der Waals surface area contributed by atoms with Gasteiger partial charge in [0.05, 0.1) is 12.7 Å². The minimum absolute atomic E-state index is 0.0930. The number of carbonyl (C=O) groups is 2. The number of benzene rings is 1. The Morgan fingerprint density at radius 3 is 2.42 bits per heavy atom. The molecule has 2 heterocycles. The molecule has 1 saturated heterocycles. The maximum absolute atomic E-state index is 12.6. The van der Waals surface area contributed by atoms with Gasteiger partial charge in [0, 0.05) is 37.9 Å². The van der Waals surface area contributed by atoms with E-state index in [1.54, 1.807) is 35.2 Å². The highest BCUT2D eigenvalue weighted by Gasteiger charge is 2.21. The molecule has 0 bridgehead atoms. The van der Waals surface area contributed by atoms with Crippen molar-refractivity contribution in [2.24, 2.45) is 0 Å². The van der Waals surface area contributed by atoms with E-state index in [4.69, 9.17) is 0 Å². The number of hydrogen-bond donors (Lipinski definition) is 1. The van der Waals surface area contributed by atoms with E-state index in [2.05, 4.69) is 24.9 Å². The van der Waals surface area contributed by atoms with Crippen molar-refractivity contribution in [3.05, 3.63) is 47.9 Å². The molecule has 8 heteroatoms. The lowest BCUT2D eigenvalue weighted by Crippen LogP contribution is -2.47. The van der Waals surface area contributed by atoms with Crippen LogP contribution >= 0.6 is 0 Å². The number of hydrogen-bond acceptors (Lipinski definition) is 7. The molecule has 1 aliphatic rings. The molecule has 0 saturated carbocycles. The van der Waals surface area contributed by atoms with Gasteiger partial charge >= 0.3 is 5.97 Å². The molecular formula is C18H21N5O3. The van der Waals surface area contributed by atoms with E-state index >= 15 is 0 Å². The third-order valence-corrected chi connectivity index (χ3v) is 4.26. The number of piperazine rings is 1. The topological polar surface area (TPSA) is 87.7 Å². The van der Waals surface area contributed by atoms with Gasteiger partial charge in [0.2, 0.25) is 0 Å². The first-order valence-electron chi connectivity index (χ1n) is 8.32. The first kappa shape index (κ1) is 17.8. The molecule has 0 radical (unpaired) electrons. The third kappa shape index (κ3) is 4.15. The van der Waals surface area contributed by atoms with Gasteiger partial charge in [-0.1, -0.05) is 0 Å². The zero-order valence-electron chi connectivity index (χ0n) is 14.8. The summed E-state index contributed by atoms with van der Waals surface area (Å²) in [4.78, 5) is 36.3. The van der Waals surface area contributed by atoms with Crippen molar-refractivity contribution < 1.29 is 14.3 Å². The quantitative estimate of drug-likeness (QED) is 0.829. The summed E-state index contributed by atoms with van der Waals surface area (Å²) >= 11 is 0. The lowest BCUT2D eigenvalue weighted by Gasteiger charge is -2.32. The Balaban J connectivity index is 1.69. The highest BCUT2D eigenvalue weighted by Crippen LogP contribution is 2.17. The van der Waals surface area contributed by atoms with Crippen LogP contribution in [0.4, 0.5) is 11.5 Å². The first-order valence-corrected chi connectivity index (χ1v) is 8.32. The standard InChI is InChI=1S/C18H21N5O3/c1-22-7-9-23(10-8-22)17(24)15-11-16(20-12-19-15)21-14-5-3-13(4-6-14)18(25)26-2/h3-6,11-12H,7-10H2,1-2H3,(H,19,20,21). The van der Waals surface area contributed by atoms with E-state index in [1.165, 1.54) is 13.4 Å². The van der Waals surface area contributed by atoms with Crippen molar-refractivity contribution >= 4 is 23.4 Å². The zero-order chi connectivity index (χ0) is 18.5. The Morgan fingerprint density at radius 2 is 1.77 bits per heavy atom. The number of likely N-dealkylation sites (N-methyl/N-ethyl adjacent to an activating group) is 1. The molecule has 1 aromatic carbocycles. The van der Waals surface area contributed by atoms with Crippen LogP contribution in [-0.4, -0.2) is 72.0 Å². The summed E-state index contributed by atoms with van der Waals surface area (Å²) in [5.41, 5.74) is 1.57. The maximum atomic E-state index is 12.6. The average Bonchev–Trinajstić information content (AvgIpc) is 2.68. The molecule has 3 rings (SSSR count). The van der Waals surface area contributed by atoms with Gasteiger partial charge in [0.15, 0.2) is 0 Å². The van der Waals surface area contributed by atoms with Crippen molar-refractivity contribution in [2.45, 2.75) is 0 Å². The Morgan fingerprint density at radius 1 is 1.08 bits per heavy atom. The number of methoxy groups -OCH3 is 1. The average molecular weight is 355 g/mol. The van der Waals surface area contributed by atoms with Crippen LogP contribution in [0.5, 0.6) is 0 Å². The molecule has 0 unspecified atom stereocenters. The number of nitrogens with one attached hydrogen (secondary N) is 1.